The van der Waals surface area contributed by atoms with Crippen molar-refractivity contribution in [2.24, 2.45) is 0 Å². The van der Waals surface area contributed by atoms with Gasteiger partial charge in [0.2, 0.25) is 0 Å². The average molecular weight is 293 g/mol. The Bertz CT molecular complexity index is 647. The summed E-state index contributed by atoms with van der Waals surface area (Å²) in [5.41, 5.74) is 1.06. The number of hydrogen-bond donors (Lipinski definition) is 0. The van der Waals surface area contributed by atoms with Crippen LogP contribution in [-0.2, 0) is 0 Å². The first-order chi connectivity index (χ1) is 10.4. The van der Waals surface area contributed by atoms with Gasteiger partial charge in [-0.15, -0.1) is 0 Å². The summed E-state index contributed by atoms with van der Waals surface area (Å²) in [6.07, 6.45) is 4.67. The molecule has 1 heterocycles. The number of rotatable bonds is 5. The van der Waals surface area contributed by atoms with Crippen LogP contribution in [-0.4, -0.2) is 6.16 Å². The molecular weight excluding hydrogens is 275 g/mol. The van der Waals surface area contributed by atoms with E-state index in [2.05, 4.69) is 73.3 Å². The Morgan fingerprint density at radius 2 is 1.38 bits per heavy atom. The van der Waals surface area contributed by atoms with Crippen molar-refractivity contribution in [3.8, 4) is 0 Å². The van der Waals surface area contributed by atoms with E-state index in [1.54, 1.807) is 6.26 Å². The monoisotopic (exact) mass is 293 g/mol. The van der Waals surface area contributed by atoms with Crippen LogP contribution in [0.3, 0.4) is 0 Å². The van der Waals surface area contributed by atoms with Crippen LogP contribution >= 0.6 is 7.26 Å². The molecule has 0 saturated carbocycles. The fourth-order valence-corrected chi connectivity index (χ4v) is 6.49. The van der Waals surface area contributed by atoms with Crippen molar-refractivity contribution in [1.82, 2.24) is 0 Å². The molecule has 3 rings (SSSR count). The van der Waals surface area contributed by atoms with Gasteiger partial charge in [0.1, 0.15) is 10.6 Å². The van der Waals surface area contributed by atoms with Gasteiger partial charge in [-0.05, 0) is 30.3 Å². The minimum atomic E-state index is -1.79. The van der Waals surface area contributed by atoms with Crippen LogP contribution in [0.25, 0.3) is 0 Å². The maximum atomic E-state index is 5.86. The molecule has 2 aromatic carbocycles. The van der Waals surface area contributed by atoms with Gasteiger partial charge in [0.25, 0.3) is 5.50 Å². The highest BCUT2D eigenvalue weighted by Gasteiger charge is 2.46. The number of hydrogen-bond acceptors (Lipinski definition) is 1. The molecule has 21 heavy (non-hydrogen) atoms. The van der Waals surface area contributed by atoms with E-state index < -0.39 is 7.26 Å². The molecule has 0 fully saturated rings. The van der Waals surface area contributed by atoms with E-state index in [0.717, 1.165) is 11.7 Å². The predicted molar refractivity (Wildman–Crippen MR) is 92.5 cm³/mol. The smallest absolute Gasteiger partial charge is 0.256 e. The summed E-state index contributed by atoms with van der Waals surface area (Å²) in [6.45, 7) is 3.99. The molecule has 0 unspecified atom stereocenters. The molecule has 104 valence electrons. The Morgan fingerprint density at radius 1 is 0.810 bits per heavy atom. The third kappa shape index (κ3) is 2.46. The lowest BCUT2D eigenvalue weighted by molar-refractivity contribution is 0.602. The molecule has 0 aliphatic heterocycles. The van der Waals surface area contributed by atoms with Crippen molar-refractivity contribution in [3.63, 3.8) is 0 Å². The van der Waals surface area contributed by atoms with Crippen molar-refractivity contribution in [2.45, 2.75) is 0 Å². The highest BCUT2D eigenvalue weighted by atomic mass is 31.2. The molecule has 0 bridgehead atoms. The number of allylic oxidation sites excluding steroid dienone is 1. The number of furan rings is 1. The molecule has 3 aromatic rings. The van der Waals surface area contributed by atoms with Crippen LogP contribution in [0.1, 0.15) is 0 Å². The molecule has 0 amide bonds. The van der Waals surface area contributed by atoms with Crippen LogP contribution in [0.5, 0.6) is 0 Å². The summed E-state index contributed by atoms with van der Waals surface area (Å²) in [5, 5.41) is 2.65. The quantitative estimate of drug-likeness (QED) is 0.516. The van der Waals surface area contributed by atoms with Crippen molar-refractivity contribution in [2.75, 3.05) is 6.16 Å². The van der Waals surface area contributed by atoms with E-state index in [0.29, 0.717) is 0 Å². The average Bonchev–Trinajstić information content (AvgIpc) is 3.09. The van der Waals surface area contributed by atoms with Crippen LogP contribution in [0.15, 0.2) is 96.1 Å². The van der Waals surface area contributed by atoms with Gasteiger partial charge < -0.3 is 4.42 Å². The van der Waals surface area contributed by atoms with Gasteiger partial charge in [0, 0.05) is 6.07 Å². The molecule has 0 N–H and O–H groups in total. The van der Waals surface area contributed by atoms with Crippen LogP contribution in [0, 0.1) is 0 Å². The Hall–Kier alpha value is -2.11. The van der Waals surface area contributed by atoms with Crippen LogP contribution in [0.4, 0.5) is 0 Å². The van der Waals surface area contributed by atoms with Gasteiger partial charge in [0.15, 0.2) is 7.26 Å². The largest absolute Gasteiger partial charge is 0.434 e. The lowest BCUT2D eigenvalue weighted by Gasteiger charge is -2.23. The molecule has 0 spiro atoms. The maximum Gasteiger partial charge on any atom is 0.256 e. The first kappa shape index (κ1) is 13.9. The topological polar surface area (TPSA) is 13.1 Å². The minimum absolute atomic E-state index is 0.897. The Balaban J connectivity index is 2.29. The fraction of sp³-hybridized carbons (Fsp3) is 0.0526. The zero-order chi connectivity index (χ0) is 14.5. The van der Waals surface area contributed by atoms with Gasteiger partial charge in [0.05, 0.1) is 12.4 Å². The first-order valence-electron chi connectivity index (χ1n) is 7.02. The second kappa shape index (κ2) is 6.11. The van der Waals surface area contributed by atoms with Crippen molar-refractivity contribution in [1.29, 1.82) is 0 Å². The second-order valence-corrected chi connectivity index (χ2v) is 8.36. The summed E-state index contributed by atoms with van der Waals surface area (Å²) in [6, 6.07) is 25.4. The summed E-state index contributed by atoms with van der Waals surface area (Å²) in [7, 11) is -1.79. The molecule has 2 heteroatoms. The first-order valence-corrected chi connectivity index (χ1v) is 8.99. The fourth-order valence-electron chi connectivity index (χ4n) is 2.75. The van der Waals surface area contributed by atoms with E-state index in [4.69, 9.17) is 4.42 Å². The molecule has 0 aliphatic carbocycles. The van der Waals surface area contributed by atoms with Crippen LogP contribution in [0.2, 0.25) is 0 Å². The Morgan fingerprint density at radius 3 is 1.81 bits per heavy atom. The van der Waals surface area contributed by atoms with E-state index in [9.17, 15) is 0 Å². The van der Waals surface area contributed by atoms with Gasteiger partial charge in [-0.1, -0.05) is 49.1 Å². The van der Waals surface area contributed by atoms with Gasteiger partial charge in [-0.3, -0.25) is 0 Å². The van der Waals surface area contributed by atoms with Crippen molar-refractivity contribution in [3.05, 3.63) is 91.7 Å². The lowest BCUT2D eigenvalue weighted by Crippen LogP contribution is -2.32. The zero-order valence-corrected chi connectivity index (χ0v) is 12.7. The van der Waals surface area contributed by atoms with E-state index in [-0.39, 0.29) is 0 Å². The Kier molecular flexibility index (Phi) is 4.03. The van der Waals surface area contributed by atoms with Gasteiger partial charge in [-0.25, -0.2) is 0 Å². The van der Waals surface area contributed by atoms with Gasteiger partial charge in [-0.2, -0.15) is 0 Å². The molecular formula is C19H18OP+. The predicted octanol–water partition coefficient (Wildman–Crippen LogP) is 3.76. The molecule has 0 radical (unpaired) electrons. The summed E-state index contributed by atoms with van der Waals surface area (Å²) in [5.74, 6) is 0. The molecule has 0 atom stereocenters. The van der Waals surface area contributed by atoms with Crippen molar-refractivity contribution < 1.29 is 4.42 Å². The number of benzene rings is 2. The maximum absolute atomic E-state index is 5.86. The van der Waals surface area contributed by atoms with Gasteiger partial charge >= 0.3 is 0 Å². The standard InChI is InChI=1S/C19H18OP/c1-2-16-21(19-14-9-15-20-19,17-10-5-3-6-11-17)18-12-7-4-8-13-18/h2-15H,1,16H2/q+1. The van der Waals surface area contributed by atoms with Crippen molar-refractivity contribution >= 4 is 23.4 Å². The molecule has 0 saturated heterocycles. The summed E-state index contributed by atoms with van der Waals surface area (Å²) in [4.78, 5) is 0. The molecule has 0 aliphatic rings. The SMILES string of the molecule is C=CC[P+](c1ccccc1)(c1ccccc1)c1ccco1. The van der Waals surface area contributed by atoms with E-state index in [1.165, 1.54) is 10.6 Å². The Labute approximate surface area is 126 Å². The second-order valence-electron chi connectivity index (χ2n) is 4.90. The third-order valence-electron chi connectivity index (χ3n) is 3.68. The highest BCUT2D eigenvalue weighted by Crippen LogP contribution is 2.55. The zero-order valence-electron chi connectivity index (χ0n) is 11.9. The normalized spacial score (nSPS) is 11.2. The highest BCUT2D eigenvalue weighted by molar-refractivity contribution is 7.95. The summed E-state index contributed by atoms with van der Waals surface area (Å²) >= 11 is 0. The summed E-state index contributed by atoms with van der Waals surface area (Å²) < 4.78 is 5.86. The lowest BCUT2D eigenvalue weighted by atomic mass is 10.4. The minimum Gasteiger partial charge on any atom is -0.434 e. The molecule has 1 aromatic heterocycles. The third-order valence-corrected chi connectivity index (χ3v) is 7.85. The van der Waals surface area contributed by atoms with E-state index >= 15 is 0 Å². The van der Waals surface area contributed by atoms with Crippen LogP contribution < -0.4 is 16.1 Å². The van der Waals surface area contributed by atoms with E-state index in [1.807, 2.05) is 12.1 Å². The molecule has 1 nitrogen and oxygen atoms in total.